The summed E-state index contributed by atoms with van der Waals surface area (Å²) in [6, 6.07) is 11.7. The van der Waals surface area contributed by atoms with Crippen molar-refractivity contribution in [3.8, 4) is 5.75 Å². The van der Waals surface area contributed by atoms with E-state index in [-0.39, 0.29) is 11.6 Å². The molecule has 0 aliphatic carbocycles. The van der Waals surface area contributed by atoms with Gasteiger partial charge in [0.05, 0.1) is 5.02 Å². The van der Waals surface area contributed by atoms with Crippen LogP contribution in [0.1, 0.15) is 11.1 Å². The van der Waals surface area contributed by atoms with Crippen LogP contribution in [0.5, 0.6) is 5.75 Å². The van der Waals surface area contributed by atoms with Crippen LogP contribution in [-0.2, 0) is 6.61 Å². The molecule has 0 heterocycles. The predicted octanol–water partition coefficient (Wildman–Crippen LogP) is 3.69. The molecule has 0 amide bonds. The third-order valence-electron chi connectivity index (χ3n) is 2.57. The summed E-state index contributed by atoms with van der Waals surface area (Å²) in [6.07, 6.45) is 0. The van der Waals surface area contributed by atoms with E-state index in [4.69, 9.17) is 34.3 Å². The normalized spacial score (nSPS) is 10.2. The second kappa shape index (κ2) is 5.99. The van der Waals surface area contributed by atoms with Crippen molar-refractivity contribution < 1.29 is 9.13 Å². The monoisotopic (exact) mass is 295 g/mol. The topological polar surface area (TPSA) is 35.2 Å². The smallest absolute Gasteiger partial charge is 0.145 e. The van der Waals surface area contributed by atoms with Crippen LogP contribution in [0.15, 0.2) is 42.5 Å². The van der Waals surface area contributed by atoms with Gasteiger partial charge in [0, 0.05) is 11.6 Å². The maximum absolute atomic E-state index is 13.3. The third-order valence-corrected chi connectivity index (χ3v) is 3.09. The first-order chi connectivity index (χ1) is 9.08. The number of hydrogen-bond donors (Lipinski definition) is 1. The molecule has 0 spiro atoms. The van der Waals surface area contributed by atoms with Gasteiger partial charge in [-0.1, -0.05) is 48.1 Å². The molecule has 2 nitrogen and oxygen atoms in total. The Hall–Kier alpha value is -1.65. The van der Waals surface area contributed by atoms with Crippen molar-refractivity contribution in [3.05, 3.63) is 64.4 Å². The molecule has 0 saturated carbocycles. The molecule has 0 aliphatic rings. The Bertz CT molecular complexity index is 618. The highest BCUT2D eigenvalue weighted by Gasteiger charge is 2.06. The fourth-order valence-corrected chi connectivity index (χ4v) is 1.93. The standard InChI is InChI=1S/C14H11ClFNOS/c15-12-6-5-10(7-13(12)16)18-8-9-3-1-2-4-11(9)14(17)19/h1-7H,8H2,(H2,17,19). The van der Waals surface area contributed by atoms with Crippen LogP contribution in [0.3, 0.4) is 0 Å². The lowest BCUT2D eigenvalue weighted by molar-refractivity contribution is 0.304. The van der Waals surface area contributed by atoms with Crippen LogP contribution in [0, 0.1) is 5.82 Å². The average molecular weight is 296 g/mol. The van der Waals surface area contributed by atoms with E-state index in [0.717, 1.165) is 11.1 Å². The minimum absolute atomic E-state index is 0.0656. The largest absolute Gasteiger partial charge is 0.489 e. The summed E-state index contributed by atoms with van der Waals surface area (Å²) in [5.41, 5.74) is 7.23. The summed E-state index contributed by atoms with van der Waals surface area (Å²) in [7, 11) is 0. The van der Waals surface area contributed by atoms with Gasteiger partial charge in [-0.2, -0.15) is 0 Å². The molecule has 5 heteroatoms. The first-order valence-electron chi connectivity index (χ1n) is 5.53. The highest BCUT2D eigenvalue weighted by molar-refractivity contribution is 7.80. The van der Waals surface area contributed by atoms with Crippen LogP contribution < -0.4 is 10.5 Å². The second-order valence-electron chi connectivity index (χ2n) is 3.89. The zero-order chi connectivity index (χ0) is 13.8. The van der Waals surface area contributed by atoms with E-state index in [1.165, 1.54) is 12.1 Å². The summed E-state index contributed by atoms with van der Waals surface area (Å²) < 4.78 is 18.8. The molecule has 0 unspecified atom stereocenters. The molecular formula is C14H11ClFNOS. The Morgan fingerprint density at radius 3 is 2.68 bits per heavy atom. The van der Waals surface area contributed by atoms with Gasteiger partial charge in [0.2, 0.25) is 0 Å². The molecule has 0 saturated heterocycles. The molecule has 0 bridgehead atoms. The van der Waals surface area contributed by atoms with Gasteiger partial charge in [0.15, 0.2) is 0 Å². The molecule has 0 aromatic heterocycles. The quantitative estimate of drug-likeness (QED) is 0.874. The van der Waals surface area contributed by atoms with E-state index in [1.807, 2.05) is 24.3 Å². The summed E-state index contributed by atoms with van der Waals surface area (Å²) in [6.45, 7) is 0.259. The SMILES string of the molecule is NC(=S)c1ccccc1COc1ccc(Cl)c(F)c1. The van der Waals surface area contributed by atoms with Gasteiger partial charge in [0.25, 0.3) is 0 Å². The maximum Gasteiger partial charge on any atom is 0.145 e. The molecule has 2 rings (SSSR count). The lowest BCUT2D eigenvalue weighted by Gasteiger charge is -2.10. The minimum Gasteiger partial charge on any atom is -0.489 e. The average Bonchev–Trinajstić information content (AvgIpc) is 2.40. The predicted molar refractivity (Wildman–Crippen MR) is 78.1 cm³/mol. The van der Waals surface area contributed by atoms with Crippen molar-refractivity contribution >= 4 is 28.8 Å². The molecule has 0 atom stereocenters. The minimum atomic E-state index is -0.512. The van der Waals surface area contributed by atoms with Crippen LogP contribution in [0.4, 0.5) is 4.39 Å². The van der Waals surface area contributed by atoms with Gasteiger partial charge in [-0.15, -0.1) is 0 Å². The van der Waals surface area contributed by atoms with Gasteiger partial charge in [-0.25, -0.2) is 4.39 Å². The van der Waals surface area contributed by atoms with Crippen LogP contribution in [0.25, 0.3) is 0 Å². The van der Waals surface area contributed by atoms with Crippen molar-refractivity contribution in [3.63, 3.8) is 0 Å². The van der Waals surface area contributed by atoms with Gasteiger partial charge in [-0.3, -0.25) is 0 Å². The number of rotatable bonds is 4. The van der Waals surface area contributed by atoms with Gasteiger partial charge >= 0.3 is 0 Å². The van der Waals surface area contributed by atoms with E-state index >= 15 is 0 Å². The molecule has 19 heavy (non-hydrogen) atoms. The zero-order valence-corrected chi connectivity index (χ0v) is 11.5. The molecule has 98 valence electrons. The van der Waals surface area contributed by atoms with Crippen molar-refractivity contribution in [2.75, 3.05) is 0 Å². The third kappa shape index (κ3) is 3.43. The highest BCUT2D eigenvalue weighted by atomic mass is 35.5. The Morgan fingerprint density at radius 2 is 2.00 bits per heavy atom. The lowest BCUT2D eigenvalue weighted by atomic mass is 10.1. The number of halogens is 2. The molecule has 0 fully saturated rings. The number of hydrogen-bond acceptors (Lipinski definition) is 2. The Morgan fingerprint density at radius 1 is 1.26 bits per heavy atom. The van der Waals surface area contributed by atoms with E-state index in [2.05, 4.69) is 0 Å². The fraction of sp³-hybridized carbons (Fsp3) is 0.0714. The summed E-state index contributed by atoms with van der Waals surface area (Å²) in [4.78, 5) is 0.307. The van der Waals surface area contributed by atoms with Crippen LogP contribution >= 0.6 is 23.8 Å². The summed E-state index contributed by atoms with van der Waals surface area (Å²) in [5, 5.41) is 0.0656. The Kier molecular flexibility index (Phi) is 4.35. The molecule has 2 aromatic carbocycles. The second-order valence-corrected chi connectivity index (χ2v) is 4.73. The summed E-state index contributed by atoms with van der Waals surface area (Å²) >= 11 is 10.6. The van der Waals surface area contributed by atoms with Gasteiger partial charge in [0.1, 0.15) is 23.2 Å². The number of ether oxygens (including phenoxy) is 1. The maximum atomic E-state index is 13.3. The first-order valence-corrected chi connectivity index (χ1v) is 6.32. The lowest BCUT2D eigenvalue weighted by Crippen LogP contribution is -2.13. The van der Waals surface area contributed by atoms with E-state index in [0.29, 0.717) is 10.7 Å². The summed E-state index contributed by atoms with van der Waals surface area (Å²) in [5.74, 6) is -0.110. The zero-order valence-electron chi connectivity index (χ0n) is 9.90. The molecule has 2 N–H and O–H groups in total. The van der Waals surface area contributed by atoms with Crippen LogP contribution in [-0.4, -0.2) is 4.99 Å². The fourth-order valence-electron chi connectivity index (χ4n) is 1.61. The van der Waals surface area contributed by atoms with Gasteiger partial charge < -0.3 is 10.5 Å². The van der Waals surface area contributed by atoms with Crippen molar-refractivity contribution in [1.82, 2.24) is 0 Å². The van der Waals surface area contributed by atoms with Crippen LogP contribution in [0.2, 0.25) is 5.02 Å². The van der Waals surface area contributed by atoms with E-state index in [1.54, 1.807) is 6.07 Å². The Labute approximate surface area is 120 Å². The molecule has 0 radical (unpaired) electrons. The molecule has 0 aliphatic heterocycles. The van der Waals surface area contributed by atoms with Crippen molar-refractivity contribution in [2.24, 2.45) is 5.73 Å². The van der Waals surface area contributed by atoms with Crippen molar-refractivity contribution in [1.29, 1.82) is 0 Å². The first kappa shape index (κ1) is 13.8. The number of nitrogens with two attached hydrogens (primary N) is 1. The highest BCUT2D eigenvalue weighted by Crippen LogP contribution is 2.21. The van der Waals surface area contributed by atoms with Gasteiger partial charge in [-0.05, 0) is 17.7 Å². The number of benzene rings is 2. The van der Waals surface area contributed by atoms with E-state index < -0.39 is 5.82 Å². The Balaban J connectivity index is 2.14. The molecule has 2 aromatic rings. The van der Waals surface area contributed by atoms with Crippen molar-refractivity contribution in [2.45, 2.75) is 6.61 Å². The number of thiocarbonyl (C=S) groups is 1. The van der Waals surface area contributed by atoms with E-state index in [9.17, 15) is 4.39 Å². The molecular weight excluding hydrogens is 285 g/mol.